The number of rotatable bonds is 10. The van der Waals surface area contributed by atoms with Gasteiger partial charge < -0.3 is 10.1 Å². The van der Waals surface area contributed by atoms with Gasteiger partial charge in [0.15, 0.2) is 5.69 Å². The van der Waals surface area contributed by atoms with Gasteiger partial charge in [0.25, 0.3) is 11.6 Å². The van der Waals surface area contributed by atoms with Gasteiger partial charge in [0.05, 0.1) is 10.6 Å². The van der Waals surface area contributed by atoms with Crippen molar-refractivity contribution < 1.29 is 22.9 Å². The zero-order valence-electron chi connectivity index (χ0n) is 22.7. The lowest BCUT2D eigenvalue weighted by molar-refractivity contribution is -0.385. The van der Waals surface area contributed by atoms with Crippen LogP contribution in [0.5, 0.6) is 11.6 Å². The Morgan fingerprint density at radius 1 is 1.12 bits per heavy atom. The molecule has 0 aliphatic rings. The number of hydrogen-bond donors (Lipinski definition) is 2. The number of benzene rings is 3. The van der Waals surface area contributed by atoms with Crippen LogP contribution in [0.25, 0.3) is 5.69 Å². The smallest absolute Gasteiger partial charge is 0.276 e. The second-order valence-corrected chi connectivity index (χ2v) is 11.5. The minimum absolute atomic E-state index is 0.0190. The molecule has 2 N–H and O–H groups in total. The van der Waals surface area contributed by atoms with Crippen LogP contribution in [-0.4, -0.2) is 35.1 Å². The van der Waals surface area contributed by atoms with E-state index < -0.39 is 37.5 Å². The van der Waals surface area contributed by atoms with E-state index in [0.717, 1.165) is 17.7 Å². The van der Waals surface area contributed by atoms with Crippen LogP contribution in [0.3, 0.4) is 0 Å². The summed E-state index contributed by atoms with van der Waals surface area (Å²) in [4.78, 5) is 23.7. The SMILES string of the molecule is CC[C@@H](C)NS(=O)(=O)c1cc([N+](=O)[O-])ccc1Oc1c(C)c(C(=O)Nc2cccc(C)c2)nn1-c1cccc(Cl)c1. The van der Waals surface area contributed by atoms with Crippen LogP contribution in [0.4, 0.5) is 11.4 Å². The maximum atomic E-state index is 13.3. The molecular formula is C28H28ClN5O6S. The molecule has 1 aromatic heterocycles. The molecule has 0 aliphatic carbocycles. The van der Waals surface area contributed by atoms with Crippen LogP contribution in [0, 0.1) is 24.0 Å². The summed E-state index contributed by atoms with van der Waals surface area (Å²) in [5.41, 5.74) is 1.84. The average molecular weight is 598 g/mol. The number of aromatic nitrogens is 2. The number of nitrogens with zero attached hydrogens (tertiary/aromatic N) is 3. The highest BCUT2D eigenvalue weighted by Gasteiger charge is 2.28. The van der Waals surface area contributed by atoms with Gasteiger partial charge in [0.1, 0.15) is 10.6 Å². The molecule has 13 heteroatoms. The van der Waals surface area contributed by atoms with Gasteiger partial charge in [-0.05, 0) is 69.2 Å². The lowest BCUT2D eigenvalue weighted by Gasteiger charge is -2.16. The van der Waals surface area contributed by atoms with E-state index in [1.807, 2.05) is 13.0 Å². The molecule has 4 aromatic rings. The number of nitro benzene ring substituents is 1. The first-order chi connectivity index (χ1) is 19.4. The van der Waals surface area contributed by atoms with Gasteiger partial charge in [-0.2, -0.15) is 9.78 Å². The lowest BCUT2D eigenvalue weighted by Crippen LogP contribution is -2.32. The predicted molar refractivity (Wildman–Crippen MR) is 156 cm³/mol. The molecule has 1 heterocycles. The highest BCUT2D eigenvalue weighted by Crippen LogP contribution is 2.36. The molecule has 0 radical (unpaired) electrons. The molecule has 0 spiro atoms. The van der Waals surface area contributed by atoms with Crippen molar-refractivity contribution in [3.05, 3.63) is 98.7 Å². The summed E-state index contributed by atoms with van der Waals surface area (Å²) in [5.74, 6) is -0.687. The van der Waals surface area contributed by atoms with Gasteiger partial charge in [0.2, 0.25) is 15.9 Å². The zero-order chi connectivity index (χ0) is 29.9. The fourth-order valence-electron chi connectivity index (χ4n) is 3.93. The number of carbonyl (C=O) groups excluding carboxylic acids is 1. The minimum atomic E-state index is -4.24. The number of ether oxygens (including phenoxy) is 1. The van der Waals surface area contributed by atoms with Crippen molar-refractivity contribution in [3.8, 4) is 17.3 Å². The molecule has 1 atom stereocenters. The third-order valence-electron chi connectivity index (χ3n) is 6.22. The zero-order valence-corrected chi connectivity index (χ0v) is 24.3. The third-order valence-corrected chi connectivity index (χ3v) is 8.06. The number of carbonyl (C=O) groups is 1. The summed E-state index contributed by atoms with van der Waals surface area (Å²) in [5, 5.41) is 19.2. The van der Waals surface area contributed by atoms with Gasteiger partial charge in [-0.3, -0.25) is 14.9 Å². The third kappa shape index (κ3) is 6.73. The first-order valence-electron chi connectivity index (χ1n) is 12.6. The maximum Gasteiger partial charge on any atom is 0.276 e. The van der Waals surface area contributed by atoms with Crippen molar-refractivity contribution in [1.29, 1.82) is 0 Å². The first-order valence-corrected chi connectivity index (χ1v) is 14.5. The summed E-state index contributed by atoms with van der Waals surface area (Å²) in [6.07, 6.45) is 0.490. The van der Waals surface area contributed by atoms with Crippen molar-refractivity contribution in [2.24, 2.45) is 0 Å². The van der Waals surface area contributed by atoms with Crippen molar-refractivity contribution >= 4 is 38.9 Å². The van der Waals surface area contributed by atoms with Crippen LogP contribution in [0.2, 0.25) is 5.02 Å². The number of anilines is 1. The molecule has 1 amide bonds. The fourth-order valence-corrected chi connectivity index (χ4v) is 5.59. The molecule has 0 unspecified atom stereocenters. The number of nitrogens with one attached hydrogen (secondary N) is 2. The normalized spacial score (nSPS) is 12.1. The fraction of sp³-hybridized carbons (Fsp3) is 0.214. The first kappa shape index (κ1) is 29.7. The van der Waals surface area contributed by atoms with E-state index in [1.165, 1.54) is 10.7 Å². The number of halogens is 1. The Balaban J connectivity index is 1.85. The summed E-state index contributed by atoms with van der Waals surface area (Å²) in [6, 6.07) is 16.7. The molecule has 0 bridgehead atoms. The summed E-state index contributed by atoms with van der Waals surface area (Å²) in [6.45, 7) is 6.97. The largest absolute Gasteiger partial charge is 0.437 e. The Hall–Kier alpha value is -4.26. The maximum absolute atomic E-state index is 13.3. The Bertz CT molecular complexity index is 1740. The summed E-state index contributed by atoms with van der Waals surface area (Å²) >= 11 is 6.22. The topological polar surface area (TPSA) is 145 Å². The molecule has 0 saturated carbocycles. The number of sulfonamides is 1. The van der Waals surface area contributed by atoms with Gasteiger partial charge in [0, 0.05) is 34.4 Å². The molecule has 41 heavy (non-hydrogen) atoms. The molecule has 4 rings (SSSR count). The van der Waals surface area contributed by atoms with Crippen LogP contribution in [-0.2, 0) is 10.0 Å². The standard InChI is InChI=1S/C28H28ClN5O6S/c1-5-18(3)32-41(38,39)25-16-23(34(36)37)12-13-24(25)40-28-19(4)26(27(35)30-21-10-6-8-17(2)14-21)31-33(28)22-11-7-9-20(29)15-22/h6-16,18,32H,5H2,1-4H3,(H,30,35)/t18-/m1/s1. The van der Waals surface area contributed by atoms with Crippen molar-refractivity contribution in [2.45, 2.75) is 45.1 Å². The highest BCUT2D eigenvalue weighted by atomic mass is 35.5. The van der Waals surface area contributed by atoms with Gasteiger partial charge in [-0.15, -0.1) is 0 Å². The number of nitro groups is 1. The van der Waals surface area contributed by atoms with Crippen molar-refractivity contribution in [2.75, 3.05) is 5.32 Å². The van der Waals surface area contributed by atoms with E-state index in [-0.39, 0.29) is 17.3 Å². The van der Waals surface area contributed by atoms with Gasteiger partial charge >= 0.3 is 0 Å². The number of non-ortho nitro benzene ring substituents is 1. The Morgan fingerprint density at radius 3 is 2.51 bits per heavy atom. The van der Waals surface area contributed by atoms with Gasteiger partial charge in [-0.1, -0.05) is 36.7 Å². The van der Waals surface area contributed by atoms with Crippen LogP contribution in [0.15, 0.2) is 71.6 Å². The van der Waals surface area contributed by atoms with E-state index in [4.69, 9.17) is 16.3 Å². The quantitative estimate of drug-likeness (QED) is 0.164. The van der Waals surface area contributed by atoms with E-state index in [1.54, 1.807) is 63.2 Å². The van der Waals surface area contributed by atoms with Crippen LogP contribution < -0.4 is 14.8 Å². The minimum Gasteiger partial charge on any atom is -0.437 e. The second-order valence-electron chi connectivity index (χ2n) is 9.41. The van der Waals surface area contributed by atoms with E-state index in [9.17, 15) is 23.3 Å². The van der Waals surface area contributed by atoms with Crippen LogP contribution >= 0.6 is 11.6 Å². The molecule has 11 nitrogen and oxygen atoms in total. The van der Waals surface area contributed by atoms with Gasteiger partial charge in [-0.25, -0.2) is 13.1 Å². The van der Waals surface area contributed by atoms with Crippen LogP contribution in [0.1, 0.15) is 41.9 Å². The van der Waals surface area contributed by atoms with Crippen molar-refractivity contribution in [1.82, 2.24) is 14.5 Å². The Kier molecular flexibility index (Phi) is 8.76. The molecule has 0 aliphatic heterocycles. The number of aryl methyl sites for hydroxylation is 1. The predicted octanol–water partition coefficient (Wildman–Crippen LogP) is 6.17. The molecule has 3 aromatic carbocycles. The Labute approximate surface area is 242 Å². The lowest BCUT2D eigenvalue weighted by atomic mass is 10.2. The molecule has 0 saturated heterocycles. The number of amides is 1. The Morgan fingerprint density at radius 2 is 1.85 bits per heavy atom. The van der Waals surface area contributed by atoms with Crippen molar-refractivity contribution in [3.63, 3.8) is 0 Å². The number of hydrogen-bond acceptors (Lipinski definition) is 7. The molecule has 214 valence electrons. The molecule has 0 fully saturated rings. The summed E-state index contributed by atoms with van der Waals surface area (Å²) in [7, 11) is -4.24. The second kappa shape index (κ2) is 12.1. The molecular weight excluding hydrogens is 570 g/mol. The highest BCUT2D eigenvalue weighted by molar-refractivity contribution is 7.89. The monoisotopic (exact) mass is 597 g/mol. The summed E-state index contributed by atoms with van der Waals surface area (Å²) < 4.78 is 36.6. The van der Waals surface area contributed by atoms with E-state index >= 15 is 0 Å². The van der Waals surface area contributed by atoms with E-state index in [0.29, 0.717) is 28.4 Å². The van der Waals surface area contributed by atoms with E-state index in [2.05, 4.69) is 15.1 Å². The average Bonchev–Trinajstić information content (AvgIpc) is 3.24.